The van der Waals surface area contributed by atoms with Crippen LogP contribution < -0.4 is 11.1 Å². The Hall–Kier alpha value is -1.60. The van der Waals surface area contributed by atoms with E-state index in [9.17, 15) is 14.9 Å². The predicted octanol–water partition coefficient (Wildman–Crippen LogP) is 1.93. The summed E-state index contributed by atoms with van der Waals surface area (Å²) in [6, 6.07) is 6.24. The first-order valence-electron chi connectivity index (χ1n) is 6.31. The molecule has 0 radical (unpaired) electrons. The molecule has 1 unspecified atom stereocenters. The third-order valence-electron chi connectivity index (χ3n) is 2.88. The minimum absolute atomic E-state index is 0.0520. The first-order valence-corrected chi connectivity index (χ1v) is 7.30. The number of carbonyl (C=O) groups is 1. The summed E-state index contributed by atoms with van der Waals surface area (Å²) < 4.78 is 0. The van der Waals surface area contributed by atoms with Crippen molar-refractivity contribution in [2.75, 3.05) is 12.3 Å². The fourth-order valence-electron chi connectivity index (χ4n) is 1.50. The Morgan fingerprint density at radius 3 is 2.50 bits per heavy atom. The van der Waals surface area contributed by atoms with Gasteiger partial charge in [0.05, 0.1) is 4.92 Å². The minimum Gasteiger partial charge on any atom is -0.368 e. The molecule has 6 nitrogen and oxygen atoms in total. The Morgan fingerprint density at radius 1 is 1.45 bits per heavy atom. The van der Waals surface area contributed by atoms with Gasteiger partial charge in [-0.3, -0.25) is 14.9 Å². The molecule has 110 valence electrons. The van der Waals surface area contributed by atoms with Crippen molar-refractivity contribution in [1.29, 1.82) is 0 Å². The highest BCUT2D eigenvalue weighted by atomic mass is 32.2. The number of hydrogen-bond donors (Lipinski definition) is 2. The van der Waals surface area contributed by atoms with Crippen LogP contribution >= 0.6 is 11.8 Å². The maximum absolute atomic E-state index is 11.5. The van der Waals surface area contributed by atoms with Gasteiger partial charge in [0.25, 0.3) is 5.69 Å². The van der Waals surface area contributed by atoms with Crippen LogP contribution in [0.25, 0.3) is 0 Å². The molecule has 0 spiro atoms. The highest BCUT2D eigenvalue weighted by molar-refractivity contribution is 7.99. The fourth-order valence-corrected chi connectivity index (χ4v) is 2.53. The van der Waals surface area contributed by atoms with Crippen LogP contribution in [0.3, 0.4) is 0 Å². The molecule has 0 saturated heterocycles. The number of benzene rings is 1. The Balaban J connectivity index is 2.67. The second-order valence-electron chi connectivity index (χ2n) is 4.66. The molecular weight excluding hydrogens is 278 g/mol. The fraction of sp³-hybridized carbons (Fsp3) is 0.462. The zero-order valence-corrected chi connectivity index (χ0v) is 12.4. The molecule has 1 atom stereocenters. The third-order valence-corrected chi connectivity index (χ3v) is 4.21. The summed E-state index contributed by atoms with van der Waals surface area (Å²) in [5.41, 5.74) is 4.70. The smallest absolute Gasteiger partial charge is 0.269 e. The van der Waals surface area contributed by atoms with Crippen LogP contribution in [0.1, 0.15) is 20.3 Å². The number of nitrogens with one attached hydrogen (secondary N) is 1. The van der Waals surface area contributed by atoms with Crippen molar-refractivity contribution in [1.82, 2.24) is 5.32 Å². The summed E-state index contributed by atoms with van der Waals surface area (Å²) in [5.74, 6) is 0.0699. The molecule has 7 heteroatoms. The summed E-state index contributed by atoms with van der Waals surface area (Å²) in [5, 5.41) is 13.7. The molecule has 0 aliphatic carbocycles. The monoisotopic (exact) mass is 297 g/mol. The molecule has 0 heterocycles. The van der Waals surface area contributed by atoms with Gasteiger partial charge in [-0.2, -0.15) is 0 Å². The van der Waals surface area contributed by atoms with E-state index in [-0.39, 0.29) is 5.69 Å². The zero-order chi connectivity index (χ0) is 15.2. The van der Waals surface area contributed by atoms with Crippen molar-refractivity contribution < 1.29 is 9.72 Å². The van der Waals surface area contributed by atoms with Crippen molar-refractivity contribution >= 4 is 23.4 Å². The molecule has 0 aliphatic rings. The van der Waals surface area contributed by atoms with Gasteiger partial charge >= 0.3 is 0 Å². The maximum Gasteiger partial charge on any atom is 0.269 e. The number of nitro groups is 1. The second-order valence-corrected chi connectivity index (χ2v) is 5.71. The van der Waals surface area contributed by atoms with Crippen molar-refractivity contribution in [3.8, 4) is 0 Å². The molecule has 1 rings (SSSR count). The number of primary amides is 1. The molecule has 1 aromatic rings. The lowest BCUT2D eigenvalue weighted by molar-refractivity contribution is -0.384. The van der Waals surface area contributed by atoms with Gasteiger partial charge in [0, 0.05) is 22.8 Å². The van der Waals surface area contributed by atoms with E-state index >= 15 is 0 Å². The maximum atomic E-state index is 11.5. The van der Waals surface area contributed by atoms with Crippen LogP contribution in [-0.2, 0) is 4.79 Å². The number of nitro benzene ring substituents is 1. The zero-order valence-electron chi connectivity index (χ0n) is 11.6. The molecule has 1 amide bonds. The number of hydrogen-bond acceptors (Lipinski definition) is 5. The summed E-state index contributed by atoms with van der Waals surface area (Å²) >= 11 is 1.44. The van der Waals surface area contributed by atoms with Crippen LogP contribution in [-0.4, -0.2) is 28.7 Å². The summed E-state index contributed by atoms with van der Waals surface area (Å²) in [7, 11) is 0. The molecule has 20 heavy (non-hydrogen) atoms. The number of nitrogens with zero attached hydrogens (tertiary/aromatic N) is 1. The molecule has 1 aromatic carbocycles. The van der Waals surface area contributed by atoms with E-state index in [1.807, 2.05) is 6.92 Å². The molecule has 0 bridgehead atoms. The number of thioether (sulfide) groups is 1. The van der Waals surface area contributed by atoms with Gasteiger partial charge in [0.1, 0.15) is 5.54 Å². The standard InChI is InChI=1S/C13H19N3O3S/c1-3-8-15-13(2,12(14)17)9-20-11-6-4-10(5-7-11)16(18)19/h4-7,15H,3,8-9H2,1-2H3,(H2,14,17). The molecule has 0 aliphatic heterocycles. The topological polar surface area (TPSA) is 98.3 Å². The molecule has 0 fully saturated rings. The van der Waals surface area contributed by atoms with E-state index in [0.717, 1.165) is 11.3 Å². The van der Waals surface area contributed by atoms with Gasteiger partial charge in [-0.15, -0.1) is 11.8 Å². The highest BCUT2D eigenvalue weighted by Gasteiger charge is 2.30. The van der Waals surface area contributed by atoms with Gasteiger partial charge in [0.15, 0.2) is 0 Å². The van der Waals surface area contributed by atoms with Crippen molar-refractivity contribution in [2.24, 2.45) is 5.73 Å². The summed E-state index contributed by atoms with van der Waals surface area (Å²) in [6.45, 7) is 4.49. The Morgan fingerprint density at radius 2 is 2.05 bits per heavy atom. The van der Waals surface area contributed by atoms with Gasteiger partial charge in [-0.05, 0) is 32.0 Å². The van der Waals surface area contributed by atoms with Gasteiger partial charge in [0.2, 0.25) is 5.91 Å². The van der Waals surface area contributed by atoms with Crippen LogP contribution in [0.5, 0.6) is 0 Å². The van der Waals surface area contributed by atoms with Crippen molar-refractivity contribution in [2.45, 2.75) is 30.7 Å². The normalized spacial score (nSPS) is 13.7. The predicted molar refractivity (Wildman–Crippen MR) is 79.7 cm³/mol. The summed E-state index contributed by atoms with van der Waals surface area (Å²) in [4.78, 5) is 22.5. The van der Waals surface area contributed by atoms with Gasteiger partial charge in [-0.25, -0.2) is 0 Å². The van der Waals surface area contributed by atoms with E-state index in [1.54, 1.807) is 19.1 Å². The molecule has 0 aromatic heterocycles. The van der Waals surface area contributed by atoms with E-state index in [0.29, 0.717) is 12.3 Å². The van der Waals surface area contributed by atoms with Crippen LogP contribution in [0, 0.1) is 10.1 Å². The number of nitrogens with two attached hydrogens (primary N) is 1. The Kier molecular flexibility index (Phi) is 5.97. The average molecular weight is 297 g/mol. The largest absolute Gasteiger partial charge is 0.368 e. The SMILES string of the molecule is CCCNC(C)(CSc1ccc([N+](=O)[O-])cc1)C(N)=O. The third kappa shape index (κ3) is 4.50. The number of rotatable bonds is 8. The van der Waals surface area contributed by atoms with Crippen molar-refractivity contribution in [3.05, 3.63) is 34.4 Å². The van der Waals surface area contributed by atoms with Crippen LogP contribution in [0.4, 0.5) is 5.69 Å². The van der Waals surface area contributed by atoms with Crippen molar-refractivity contribution in [3.63, 3.8) is 0 Å². The lowest BCUT2D eigenvalue weighted by Crippen LogP contribution is -2.55. The van der Waals surface area contributed by atoms with Gasteiger partial charge < -0.3 is 11.1 Å². The highest BCUT2D eigenvalue weighted by Crippen LogP contribution is 2.24. The Labute approximate surface area is 122 Å². The molecule has 0 saturated carbocycles. The van der Waals surface area contributed by atoms with E-state index in [1.165, 1.54) is 23.9 Å². The van der Waals surface area contributed by atoms with E-state index < -0.39 is 16.4 Å². The first kappa shape index (κ1) is 16.5. The molecule has 3 N–H and O–H groups in total. The quantitative estimate of drug-likeness (QED) is 0.434. The minimum atomic E-state index is -0.789. The van der Waals surface area contributed by atoms with Crippen LogP contribution in [0.15, 0.2) is 29.2 Å². The van der Waals surface area contributed by atoms with Crippen LogP contribution in [0.2, 0.25) is 0 Å². The lowest BCUT2D eigenvalue weighted by atomic mass is 10.1. The lowest BCUT2D eigenvalue weighted by Gasteiger charge is -2.27. The van der Waals surface area contributed by atoms with Gasteiger partial charge in [-0.1, -0.05) is 6.92 Å². The Bertz CT molecular complexity index is 478. The second kappa shape index (κ2) is 7.25. The first-order chi connectivity index (χ1) is 9.39. The molecular formula is C13H19N3O3S. The summed E-state index contributed by atoms with van der Waals surface area (Å²) in [6.07, 6.45) is 0.908. The number of amides is 1. The van der Waals surface area contributed by atoms with E-state index in [2.05, 4.69) is 5.32 Å². The van der Waals surface area contributed by atoms with E-state index in [4.69, 9.17) is 5.73 Å². The number of non-ortho nitro benzene ring substituents is 1. The average Bonchev–Trinajstić information content (AvgIpc) is 2.43. The number of carbonyl (C=O) groups excluding carboxylic acids is 1.